The normalized spacial score (nSPS) is 25.1. The molecule has 0 aromatic heterocycles. The zero-order valence-corrected chi connectivity index (χ0v) is 25.0. The minimum absolute atomic E-state index is 0.00389. The van der Waals surface area contributed by atoms with Gasteiger partial charge in [-0.05, 0) is 86.9 Å². The van der Waals surface area contributed by atoms with Crippen molar-refractivity contribution >= 4 is 27.7 Å². The monoisotopic (exact) mass is 620 g/mol. The van der Waals surface area contributed by atoms with Crippen LogP contribution in [0.25, 0.3) is 0 Å². The molecular formula is C30H35F3N4O5S. The molecule has 0 unspecified atom stereocenters. The predicted octanol–water partition coefficient (Wildman–Crippen LogP) is 3.93. The van der Waals surface area contributed by atoms with Crippen LogP contribution in [-0.4, -0.2) is 79.9 Å². The second-order valence-electron chi connectivity index (χ2n) is 11.4. The molecule has 0 aliphatic carbocycles. The van der Waals surface area contributed by atoms with E-state index in [2.05, 4.69) is 10.3 Å². The number of halogens is 3. The van der Waals surface area contributed by atoms with E-state index in [1.54, 1.807) is 30.1 Å². The van der Waals surface area contributed by atoms with Gasteiger partial charge in [0.05, 0.1) is 17.9 Å². The van der Waals surface area contributed by atoms with Gasteiger partial charge in [-0.1, -0.05) is 6.07 Å². The maximum Gasteiger partial charge on any atom is 0.416 e. The van der Waals surface area contributed by atoms with Gasteiger partial charge in [-0.25, -0.2) is 12.7 Å². The van der Waals surface area contributed by atoms with Crippen molar-refractivity contribution in [2.75, 3.05) is 39.0 Å². The van der Waals surface area contributed by atoms with E-state index in [1.165, 1.54) is 10.4 Å². The molecule has 7 bridgehead atoms. The fraction of sp³-hybridized carbons (Fsp3) is 0.500. The van der Waals surface area contributed by atoms with Gasteiger partial charge in [0.15, 0.2) is 0 Å². The third-order valence-corrected chi connectivity index (χ3v) is 10.3. The number of carbonyl (C=O) groups excluding carboxylic acids is 2. The maximum absolute atomic E-state index is 13.8. The van der Waals surface area contributed by atoms with Crippen LogP contribution in [0.15, 0.2) is 41.4 Å². The summed E-state index contributed by atoms with van der Waals surface area (Å²) in [7, 11) is -1.96. The summed E-state index contributed by atoms with van der Waals surface area (Å²) in [5.41, 5.74) is 0.0665. The third kappa shape index (κ3) is 6.72. The second kappa shape index (κ2) is 11.9. The molecule has 2 amide bonds. The highest BCUT2D eigenvalue weighted by Crippen LogP contribution is 2.36. The number of carbonyl (C=O) groups is 2. The lowest BCUT2D eigenvalue weighted by Gasteiger charge is -2.34. The SMILES string of the molecule is Cc1cc2ccc1CCS(=O)(=O)N1CCC3(CC1)N=C(NC3=O)c1cc(cc(C(F)(F)F)c1)OCCCCCN(C)C2=O. The molecule has 5 aliphatic heterocycles. The predicted molar refractivity (Wildman–Crippen MR) is 155 cm³/mol. The van der Waals surface area contributed by atoms with Gasteiger partial charge in [0.1, 0.15) is 17.1 Å². The molecule has 9 nitrogen and oxygen atoms in total. The molecule has 1 N–H and O–H groups in total. The van der Waals surface area contributed by atoms with Crippen LogP contribution in [0.5, 0.6) is 5.75 Å². The minimum Gasteiger partial charge on any atom is -0.494 e. The number of benzene rings is 2. The number of hydrogen-bond donors (Lipinski definition) is 1. The van der Waals surface area contributed by atoms with Gasteiger partial charge in [-0.15, -0.1) is 0 Å². The number of piperidine rings is 1. The molecule has 232 valence electrons. The molecule has 0 saturated carbocycles. The summed E-state index contributed by atoms with van der Waals surface area (Å²) < 4.78 is 74.7. The fourth-order valence-corrected chi connectivity index (χ4v) is 7.20. The van der Waals surface area contributed by atoms with Crippen molar-refractivity contribution in [1.29, 1.82) is 0 Å². The number of rotatable bonds is 0. The summed E-state index contributed by atoms with van der Waals surface area (Å²) in [4.78, 5) is 32.2. The molecule has 7 rings (SSSR count). The summed E-state index contributed by atoms with van der Waals surface area (Å²) in [6.07, 6.45) is -2.23. The average Bonchev–Trinajstić information content (AvgIpc) is 3.27. The zero-order valence-electron chi connectivity index (χ0n) is 24.2. The van der Waals surface area contributed by atoms with Gasteiger partial charge in [0, 0.05) is 37.8 Å². The van der Waals surface area contributed by atoms with Gasteiger partial charge in [0.2, 0.25) is 10.0 Å². The van der Waals surface area contributed by atoms with E-state index in [0.29, 0.717) is 31.4 Å². The number of nitrogens with one attached hydrogen (secondary N) is 1. The summed E-state index contributed by atoms with van der Waals surface area (Å²) in [6, 6.07) is 8.55. The summed E-state index contributed by atoms with van der Waals surface area (Å²) in [6.45, 7) is 2.63. The van der Waals surface area contributed by atoms with Crippen LogP contribution in [-0.2, 0) is 27.4 Å². The molecule has 13 heteroatoms. The zero-order chi connectivity index (χ0) is 31.0. The molecule has 1 saturated heterocycles. The average molecular weight is 621 g/mol. The molecule has 5 heterocycles. The molecule has 1 fully saturated rings. The number of amides is 2. The van der Waals surface area contributed by atoms with Crippen LogP contribution < -0.4 is 10.1 Å². The van der Waals surface area contributed by atoms with Crippen LogP contribution in [0.4, 0.5) is 13.2 Å². The van der Waals surface area contributed by atoms with Crippen LogP contribution >= 0.6 is 0 Å². The Bertz CT molecular complexity index is 1550. The number of aliphatic imine (C=N–C) groups is 1. The Morgan fingerprint density at radius 3 is 2.42 bits per heavy atom. The van der Waals surface area contributed by atoms with Gasteiger partial charge < -0.3 is 15.0 Å². The first-order valence-electron chi connectivity index (χ1n) is 14.4. The molecule has 5 aliphatic rings. The Morgan fingerprint density at radius 2 is 1.72 bits per heavy atom. The number of sulfonamides is 1. The van der Waals surface area contributed by atoms with E-state index in [4.69, 9.17) is 4.74 Å². The highest BCUT2D eigenvalue weighted by molar-refractivity contribution is 7.89. The van der Waals surface area contributed by atoms with Gasteiger partial charge in [-0.2, -0.15) is 13.2 Å². The first kappa shape index (κ1) is 31.0. The van der Waals surface area contributed by atoms with Crippen molar-refractivity contribution in [2.45, 2.75) is 57.2 Å². The molecule has 2 aromatic carbocycles. The third-order valence-electron chi connectivity index (χ3n) is 8.40. The first-order chi connectivity index (χ1) is 20.3. The van der Waals surface area contributed by atoms with Gasteiger partial charge >= 0.3 is 6.18 Å². The molecular weight excluding hydrogens is 585 g/mol. The van der Waals surface area contributed by atoms with Crippen molar-refractivity contribution in [3.8, 4) is 5.75 Å². The van der Waals surface area contributed by atoms with Crippen LogP contribution in [0.1, 0.15) is 64.7 Å². The maximum atomic E-state index is 13.8. The highest BCUT2D eigenvalue weighted by atomic mass is 32.2. The number of amidine groups is 1. The number of aryl methyl sites for hydroxylation is 2. The van der Waals surface area contributed by atoms with Crippen LogP contribution in [0.2, 0.25) is 0 Å². The Kier molecular flexibility index (Phi) is 8.59. The molecule has 2 aromatic rings. The lowest BCUT2D eigenvalue weighted by atomic mass is 9.89. The number of nitrogens with zero attached hydrogens (tertiary/aromatic N) is 3. The lowest BCUT2D eigenvalue weighted by molar-refractivity contribution is -0.137. The fourth-order valence-electron chi connectivity index (χ4n) is 5.73. The van der Waals surface area contributed by atoms with E-state index in [9.17, 15) is 31.2 Å². The Hall–Kier alpha value is -3.45. The summed E-state index contributed by atoms with van der Waals surface area (Å²) in [5.74, 6) is -0.725. The van der Waals surface area contributed by atoms with Crippen molar-refractivity contribution in [1.82, 2.24) is 14.5 Å². The number of fused-ring (bicyclic) bond motifs is 2. The van der Waals surface area contributed by atoms with E-state index >= 15 is 0 Å². The molecule has 0 radical (unpaired) electrons. The van der Waals surface area contributed by atoms with Gasteiger partial charge in [-0.3, -0.25) is 14.6 Å². The minimum atomic E-state index is -4.65. The van der Waals surface area contributed by atoms with Crippen molar-refractivity contribution in [3.63, 3.8) is 0 Å². The van der Waals surface area contributed by atoms with E-state index in [-0.39, 0.29) is 67.8 Å². The molecule has 1 spiro atoms. The topological polar surface area (TPSA) is 108 Å². The standard InChI is InChI=1S/C30H35F3N4O5S/c1-20-16-22-7-6-21(20)8-15-43(40,41)37-12-9-29(10-13-37)28(39)34-26(35-29)23-17-24(30(31,32)33)19-25(18-23)42-14-5-3-4-11-36(2)27(22)38/h6-7,16-19H,3-5,8-15H2,1-2H3,(H,34,35,39). The Balaban J connectivity index is 1.43. The van der Waals surface area contributed by atoms with Crippen molar-refractivity contribution in [3.05, 3.63) is 64.2 Å². The first-order valence-corrected chi connectivity index (χ1v) is 16.0. The molecule has 0 atom stereocenters. The van der Waals surface area contributed by atoms with Gasteiger partial charge in [0.25, 0.3) is 11.8 Å². The van der Waals surface area contributed by atoms with Crippen LogP contribution in [0, 0.1) is 6.92 Å². The highest BCUT2D eigenvalue weighted by Gasteiger charge is 2.47. The van der Waals surface area contributed by atoms with Crippen molar-refractivity contribution < 1.29 is 35.9 Å². The number of hydrogen-bond acceptors (Lipinski definition) is 6. The quantitative estimate of drug-likeness (QED) is 0.480. The largest absolute Gasteiger partial charge is 0.494 e. The second-order valence-corrected chi connectivity index (χ2v) is 13.5. The number of alkyl halides is 3. The summed E-state index contributed by atoms with van der Waals surface area (Å²) >= 11 is 0. The van der Waals surface area contributed by atoms with E-state index in [1.807, 2.05) is 6.92 Å². The number of ether oxygens (including phenoxy) is 1. The van der Waals surface area contributed by atoms with Crippen molar-refractivity contribution in [2.24, 2.45) is 4.99 Å². The van der Waals surface area contributed by atoms with E-state index in [0.717, 1.165) is 23.3 Å². The van der Waals surface area contributed by atoms with Crippen LogP contribution in [0.3, 0.4) is 0 Å². The summed E-state index contributed by atoms with van der Waals surface area (Å²) in [5, 5.41) is 2.63. The van der Waals surface area contributed by atoms with E-state index < -0.39 is 33.2 Å². The Labute approximate surface area is 249 Å². The molecule has 43 heavy (non-hydrogen) atoms. The smallest absolute Gasteiger partial charge is 0.416 e. The lowest BCUT2D eigenvalue weighted by Crippen LogP contribution is -2.50. The Morgan fingerprint density at radius 1 is 0.977 bits per heavy atom.